The van der Waals surface area contributed by atoms with Crippen molar-refractivity contribution in [2.45, 2.75) is 6.61 Å². The topological polar surface area (TPSA) is 64.9 Å². The second kappa shape index (κ2) is 9.13. The molecule has 0 unspecified atom stereocenters. The number of halogens is 1. The Balaban J connectivity index is 1.36. The molecule has 2 heterocycles. The number of imidazole rings is 1. The highest BCUT2D eigenvalue weighted by molar-refractivity contribution is 6.02. The van der Waals surface area contributed by atoms with Gasteiger partial charge in [0.2, 0.25) is 5.91 Å². The summed E-state index contributed by atoms with van der Waals surface area (Å²) in [7, 11) is 1.40. The van der Waals surface area contributed by atoms with E-state index in [1.165, 1.54) is 31.4 Å². The number of pyridine rings is 1. The lowest BCUT2D eigenvalue weighted by Gasteiger charge is -2.07. The van der Waals surface area contributed by atoms with E-state index < -0.39 is 5.82 Å². The van der Waals surface area contributed by atoms with Gasteiger partial charge in [-0.3, -0.25) is 4.79 Å². The molecule has 31 heavy (non-hydrogen) atoms. The van der Waals surface area contributed by atoms with Gasteiger partial charge >= 0.3 is 0 Å². The molecule has 0 bridgehead atoms. The summed E-state index contributed by atoms with van der Waals surface area (Å²) in [5.74, 6) is -0.0626. The molecule has 4 rings (SSSR count). The lowest BCUT2D eigenvalue weighted by Crippen LogP contribution is -2.07. The molecule has 0 spiro atoms. The fourth-order valence-electron chi connectivity index (χ4n) is 3.02. The van der Waals surface area contributed by atoms with E-state index in [9.17, 15) is 9.18 Å². The molecule has 4 aromatic rings. The number of carbonyl (C=O) groups is 1. The van der Waals surface area contributed by atoms with Gasteiger partial charge in [0, 0.05) is 30.2 Å². The monoisotopic (exact) mass is 417 g/mol. The van der Waals surface area contributed by atoms with Crippen LogP contribution < -0.4 is 14.8 Å². The van der Waals surface area contributed by atoms with E-state index in [0.29, 0.717) is 23.6 Å². The molecule has 156 valence electrons. The molecule has 7 heteroatoms. The zero-order chi connectivity index (χ0) is 21.6. The molecule has 2 aromatic carbocycles. The van der Waals surface area contributed by atoms with E-state index in [1.807, 2.05) is 35.0 Å². The van der Waals surface area contributed by atoms with Crippen molar-refractivity contribution in [3.8, 4) is 11.5 Å². The number of amides is 1. The average molecular weight is 417 g/mol. The van der Waals surface area contributed by atoms with Gasteiger partial charge in [-0.25, -0.2) is 9.37 Å². The molecule has 6 nitrogen and oxygen atoms in total. The minimum absolute atomic E-state index is 0.155. The Kier molecular flexibility index (Phi) is 5.93. The Hall–Kier alpha value is -4.13. The van der Waals surface area contributed by atoms with Crippen molar-refractivity contribution in [2.75, 3.05) is 12.4 Å². The molecule has 1 N–H and O–H groups in total. The third-order valence-corrected chi connectivity index (χ3v) is 4.51. The summed E-state index contributed by atoms with van der Waals surface area (Å²) in [4.78, 5) is 16.7. The second-order valence-corrected chi connectivity index (χ2v) is 6.73. The lowest BCUT2D eigenvalue weighted by atomic mass is 10.2. The quantitative estimate of drug-likeness (QED) is 0.442. The average Bonchev–Trinajstić information content (AvgIpc) is 3.20. The van der Waals surface area contributed by atoms with Crippen LogP contribution in [0.5, 0.6) is 11.5 Å². The number of benzene rings is 2. The van der Waals surface area contributed by atoms with Crippen LogP contribution in [-0.2, 0) is 11.4 Å². The highest BCUT2D eigenvalue weighted by Gasteiger charge is 2.05. The molecule has 2 aromatic heterocycles. The second-order valence-electron chi connectivity index (χ2n) is 6.73. The fraction of sp³-hybridized carbons (Fsp3) is 0.0833. The molecule has 0 saturated carbocycles. The van der Waals surface area contributed by atoms with Crippen LogP contribution in [0.1, 0.15) is 11.3 Å². The van der Waals surface area contributed by atoms with Crippen molar-refractivity contribution < 1.29 is 18.7 Å². The SMILES string of the molecule is COc1ccc(/C=C/C(=O)Nc2cccc(OCc3cn4ccccc4n3)c2)cc1F. The van der Waals surface area contributed by atoms with Gasteiger partial charge in [-0.15, -0.1) is 0 Å². The van der Waals surface area contributed by atoms with Gasteiger partial charge in [-0.2, -0.15) is 0 Å². The van der Waals surface area contributed by atoms with E-state index in [-0.39, 0.29) is 11.7 Å². The third-order valence-electron chi connectivity index (χ3n) is 4.51. The van der Waals surface area contributed by atoms with Crippen LogP contribution in [0.2, 0.25) is 0 Å². The first-order chi connectivity index (χ1) is 15.1. The maximum absolute atomic E-state index is 13.7. The summed E-state index contributed by atoms with van der Waals surface area (Å²) >= 11 is 0. The van der Waals surface area contributed by atoms with Gasteiger partial charge in [0.05, 0.1) is 12.8 Å². The van der Waals surface area contributed by atoms with Crippen LogP contribution in [-0.4, -0.2) is 22.4 Å². The molecule has 0 aliphatic rings. The number of ether oxygens (including phenoxy) is 2. The molecular formula is C24H20FN3O3. The number of nitrogens with zero attached hydrogens (tertiary/aromatic N) is 2. The zero-order valence-electron chi connectivity index (χ0n) is 16.8. The number of nitrogens with one attached hydrogen (secondary N) is 1. The summed E-state index contributed by atoms with van der Waals surface area (Å²) in [6.45, 7) is 0.308. The number of carbonyl (C=O) groups excluding carboxylic acids is 1. The van der Waals surface area contributed by atoms with Crippen LogP contribution in [0.4, 0.5) is 10.1 Å². The third kappa shape index (κ3) is 5.08. The molecule has 0 aliphatic heterocycles. The molecule has 1 amide bonds. The predicted molar refractivity (Wildman–Crippen MR) is 117 cm³/mol. The smallest absolute Gasteiger partial charge is 0.248 e. The van der Waals surface area contributed by atoms with Gasteiger partial charge in [-0.05, 0) is 48.0 Å². The lowest BCUT2D eigenvalue weighted by molar-refractivity contribution is -0.111. The standard InChI is InChI=1S/C24H20FN3O3/c1-30-22-10-8-17(13-21(22)25)9-11-24(29)27-18-5-4-6-20(14-18)31-16-19-15-28-12-3-2-7-23(28)26-19/h2-15H,16H2,1H3,(H,27,29)/b11-9+. The van der Waals surface area contributed by atoms with Crippen molar-refractivity contribution in [3.05, 3.63) is 96.2 Å². The van der Waals surface area contributed by atoms with Gasteiger partial charge in [0.15, 0.2) is 11.6 Å². The Morgan fingerprint density at radius 3 is 2.87 bits per heavy atom. The highest BCUT2D eigenvalue weighted by atomic mass is 19.1. The predicted octanol–water partition coefficient (Wildman–Crippen LogP) is 4.71. The van der Waals surface area contributed by atoms with Crippen molar-refractivity contribution in [3.63, 3.8) is 0 Å². The molecule has 0 fully saturated rings. The first-order valence-corrected chi connectivity index (χ1v) is 9.59. The van der Waals surface area contributed by atoms with Gasteiger partial charge in [-0.1, -0.05) is 18.2 Å². The molecule has 0 aliphatic carbocycles. The van der Waals surface area contributed by atoms with Crippen LogP contribution in [0.15, 0.2) is 79.1 Å². The number of rotatable bonds is 7. The molecule has 0 radical (unpaired) electrons. The highest BCUT2D eigenvalue weighted by Crippen LogP contribution is 2.20. The maximum Gasteiger partial charge on any atom is 0.248 e. The Morgan fingerprint density at radius 1 is 1.16 bits per heavy atom. The normalized spacial score (nSPS) is 11.0. The fourth-order valence-corrected chi connectivity index (χ4v) is 3.02. The maximum atomic E-state index is 13.7. The van der Waals surface area contributed by atoms with Crippen molar-refractivity contribution in [1.29, 1.82) is 0 Å². The Bertz CT molecular complexity index is 1220. The number of fused-ring (bicyclic) bond motifs is 1. The van der Waals surface area contributed by atoms with Gasteiger partial charge in [0.25, 0.3) is 0 Å². The van der Waals surface area contributed by atoms with Crippen molar-refractivity contribution in [2.24, 2.45) is 0 Å². The van der Waals surface area contributed by atoms with E-state index in [4.69, 9.17) is 9.47 Å². The van der Waals surface area contributed by atoms with Crippen LogP contribution in [0.25, 0.3) is 11.7 Å². The van der Waals surface area contributed by atoms with E-state index in [0.717, 1.165) is 11.3 Å². The summed E-state index contributed by atoms with van der Waals surface area (Å²) in [5.41, 5.74) is 2.79. The number of hydrogen-bond acceptors (Lipinski definition) is 4. The minimum atomic E-state index is -0.486. The number of hydrogen-bond donors (Lipinski definition) is 1. The van der Waals surface area contributed by atoms with Gasteiger partial charge < -0.3 is 19.2 Å². The van der Waals surface area contributed by atoms with Crippen LogP contribution in [0.3, 0.4) is 0 Å². The molecule has 0 saturated heterocycles. The molecular weight excluding hydrogens is 397 g/mol. The van der Waals surface area contributed by atoms with Gasteiger partial charge in [0.1, 0.15) is 18.0 Å². The number of methoxy groups -OCH3 is 1. The minimum Gasteiger partial charge on any atom is -0.494 e. The largest absolute Gasteiger partial charge is 0.494 e. The van der Waals surface area contributed by atoms with E-state index in [2.05, 4.69) is 10.3 Å². The van der Waals surface area contributed by atoms with E-state index >= 15 is 0 Å². The zero-order valence-corrected chi connectivity index (χ0v) is 16.8. The first kappa shape index (κ1) is 20.2. The van der Waals surface area contributed by atoms with Crippen molar-refractivity contribution >= 4 is 23.3 Å². The number of aromatic nitrogens is 2. The summed E-state index contributed by atoms with van der Waals surface area (Å²) < 4.78 is 26.4. The van der Waals surface area contributed by atoms with Crippen molar-refractivity contribution in [1.82, 2.24) is 9.38 Å². The van der Waals surface area contributed by atoms with Crippen LogP contribution >= 0.6 is 0 Å². The van der Waals surface area contributed by atoms with Crippen LogP contribution in [0, 0.1) is 5.82 Å². The first-order valence-electron chi connectivity index (χ1n) is 9.59. The Morgan fingerprint density at radius 2 is 2.06 bits per heavy atom. The summed E-state index contributed by atoms with van der Waals surface area (Å²) in [6.07, 6.45) is 6.71. The number of anilines is 1. The summed E-state index contributed by atoms with van der Waals surface area (Å²) in [6, 6.07) is 17.4. The molecule has 0 atom stereocenters. The van der Waals surface area contributed by atoms with E-state index in [1.54, 1.807) is 30.3 Å². The Labute approximate surface area is 178 Å². The summed E-state index contributed by atoms with van der Waals surface area (Å²) in [5, 5.41) is 2.77.